The summed E-state index contributed by atoms with van der Waals surface area (Å²) in [6.07, 6.45) is 3.17. The van der Waals surface area contributed by atoms with Gasteiger partial charge in [-0.15, -0.1) is 0 Å². The number of hydrogen-bond donors (Lipinski definition) is 7. The first-order valence-electron chi connectivity index (χ1n) is 14.5. The molecule has 240 valence electrons. The fraction of sp³-hybridized carbons (Fsp3) is 0.300. The van der Waals surface area contributed by atoms with Crippen molar-refractivity contribution in [3.05, 3.63) is 66.2 Å². The molecule has 0 radical (unpaired) electrons. The number of nitrogens with zero attached hydrogens (tertiary/aromatic N) is 4. The van der Waals surface area contributed by atoms with Gasteiger partial charge in [0.2, 0.25) is 17.7 Å². The largest absolute Gasteiger partial charge is 0.508 e. The summed E-state index contributed by atoms with van der Waals surface area (Å²) in [6.45, 7) is -0.0194. The van der Waals surface area contributed by atoms with Crippen molar-refractivity contribution in [3.8, 4) is 11.5 Å². The Kier molecular flexibility index (Phi) is 9.87. The van der Waals surface area contributed by atoms with Crippen molar-refractivity contribution in [1.29, 1.82) is 0 Å². The van der Waals surface area contributed by atoms with E-state index in [1.165, 1.54) is 35.4 Å². The molecule has 16 nitrogen and oxygen atoms in total. The molecule has 1 aliphatic rings. The van der Waals surface area contributed by atoms with E-state index < -0.39 is 35.7 Å². The zero-order valence-corrected chi connectivity index (χ0v) is 24.7. The number of ether oxygens (including phenoxy) is 1. The number of carbonyl (C=O) groups excluding carboxylic acids is 4. The van der Waals surface area contributed by atoms with Crippen molar-refractivity contribution in [1.82, 2.24) is 35.5 Å². The average molecular weight is 631 g/mol. The number of hydrogen-bond acceptors (Lipinski definition) is 11. The molecule has 9 N–H and O–H groups in total. The molecular formula is C30H34N10O6. The Morgan fingerprint density at radius 2 is 1.89 bits per heavy atom. The molecule has 0 saturated heterocycles. The number of aromatic hydroxyl groups is 1. The second-order valence-electron chi connectivity index (χ2n) is 10.7. The number of imidazole rings is 1. The van der Waals surface area contributed by atoms with Crippen molar-refractivity contribution in [2.24, 2.45) is 5.73 Å². The van der Waals surface area contributed by atoms with Crippen molar-refractivity contribution in [2.75, 3.05) is 30.7 Å². The van der Waals surface area contributed by atoms with Gasteiger partial charge in [-0.1, -0.05) is 12.1 Å². The molecule has 3 heterocycles. The number of nitrogen functional groups attached to an aromatic ring is 1. The van der Waals surface area contributed by atoms with E-state index in [9.17, 15) is 24.3 Å². The van der Waals surface area contributed by atoms with Gasteiger partial charge in [0.25, 0.3) is 5.91 Å². The van der Waals surface area contributed by atoms with Gasteiger partial charge in [-0.2, -0.15) is 0 Å². The smallest absolute Gasteiger partial charge is 0.255 e. The van der Waals surface area contributed by atoms with Crippen LogP contribution in [0.1, 0.15) is 28.8 Å². The van der Waals surface area contributed by atoms with Crippen molar-refractivity contribution < 1.29 is 29.0 Å². The standard InChI is InChI=1S/C30H34N10O6/c31-9-7-22-30(45)38-19(11-17-1-4-20(41)5-2-17)14-46-23-6-3-18(12-21(23)29(44)33-10-8-24(42)39-22)37-25(43)13-40-16-36-26-27(32)34-15-35-28(26)40/h1-6,12,15-16,19,22,41H,7-11,13-14,31H2,(H,33,44)(H,37,43)(H,38,45)(H,39,42)(H2,32,34,35)/t19-,22+/m1/s1. The summed E-state index contributed by atoms with van der Waals surface area (Å²) in [4.78, 5) is 64.3. The third kappa shape index (κ3) is 7.84. The van der Waals surface area contributed by atoms with Crippen LogP contribution in [-0.4, -0.2) is 80.0 Å². The molecular weight excluding hydrogens is 596 g/mol. The molecule has 2 aromatic heterocycles. The van der Waals surface area contributed by atoms with Crippen LogP contribution in [-0.2, 0) is 27.3 Å². The molecule has 4 amide bonds. The second-order valence-corrected chi connectivity index (χ2v) is 10.7. The first kappa shape index (κ1) is 31.6. The highest BCUT2D eigenvalue weighted by molar-refractivity contribution is 6.00. The van der Waals surface area contributed by atoms with E-state index in [0.29, 0.717) is 23.3 Å². The third-order valence-electron chi connectivity index (χ3n) is 7.20. The zero-order valence-electron chi connectivity index (χ0n) is 24.7. The van der Waals surface area contributed by atoms with E-state index in [1.54, 1.807) is 24.3 Å². The predicted octanol–water partition coefficient (Wildman–Crippen LogP) is -0.174. The Labute approximate surface area is 262 Å². The molecule has 5 rings (SSSR count). The molecule has 1 aliphatic heterocycles. The second kappa shape index (κ2) is 14.3. The van der Waals surface area contributed by atoms with E-state index in [0.717, 1.165) is 5.56 Å². The lowest BCUT2D eigenvalue weighted by molar-refractivity contribution is -0.129. The fourth-order valence-corrected chi connectivity index (χ4v) is 4.93. The molecule has 0 saturated carbocycles. The van der Waals surface area contributed by atoms with E-state index in [2.05, 4.69) is 36.2 Å². The lowest BCUT2D eigenvalue weighted by atomic mass is 10.0. The van der Waals surface area contributed by atoms with Crippen molar-refractivity contribution in [2.45, 2.75) is 37.9 Å². The van der Waals surface area contributed by atoms with Gasteiger partial charge < -0.3 is 47.1 Å². The Balaban J connectivity index is 1.37. The molecule has 16 heteroatoms. The van der Waals surface area contributed by atoms with E-state index >= 15 is 0 Å². The van der Waals surface area contributed by atoms with Gasteiger partial charge in [-0.3, -0.25) is 19.2 Å². The Bertz CT molecular complexity index is 1740. The highest BCUT2D eigenvalue weighted by Crippen LogP contribution is 2.24. The predicted molar refractivity (Wildman–Crippen MR) is 167 cm³/mol. The molecule has 0 bridgehead atoms. The summed E-state index contributed by atoms with van der Waals surface area (Å²) in [7, 11) is 0. The highest BCUT2D eigenvalue weighted by Gasteiger charge is 2.25. The van der Waals surface area contributed by atoms with E-state index in [-0.39, 0.29) is 62.0 Å². The number of anilines is 2. The number of aromatic nitrogens is 4. The Morgan fingerprint density at radius 3 is 2.67 bits per heavy atom. The number of carbonyl (C=O) groups is 4. The third-order valence-corrected chi connectivity index (χ3v) is 7.20. The van der Waals surface area contributed by atoms with Crippen LogP contribution >= 0.6 is 0 Å². The first-order valence-corrected chi connectivity index (χ1v) is 14.5. The van der Waals surface area contributed by atoms with Gasteiger partial charge in [0.05, 0.1) is 17.9 Å². The van der Waals surface area contributed by atoms with Crippen LogP contribution in [0.5, 0.6) is 11.5 Å². The molecule has 4 aromatic rings. The minimum atomic E-state index is -0.873. The summed E-state index contributed by atoms with van der Waals surface area (Å²) in [5.74, 6) is -1.31. The van der Waals surface area contributed by atoms with Gasteiger partial charge in [0.15, 0.2) is 11.5 Å². The molecule has 46 heavy (non-hydrogen) atoms. The summed E-state index contributed by atoms with van der Waals surface area (Å²) >= 11 is 0. The topological polar surface area (TPSA) is 241 Å². The van der Waals surface area contributed by atoms with Gasteiger partial charge in [-0.05, 0) is 55.3 Å². The number of nitrogens with two attached hydrogens (primary N) is 2. The molecule has 0 unspecified atom stereocenters. The maximum Gasteiger partial charge on any atom is 0.255 e. The maximum absolute atomic E-state index is 13.3. The van der Waals surface area contributed by atoms with Crippen LogP contribution in [0.25, 0.3) is 11.2 Å². The monoisotopic (exact) mass is 630 g/mol. The van der Waals surface area contributed by atoms with Gasteiger partial charge >= 0.3 is 0 Å². The Hall–Kier alpha value is -5.77. The lowest BCUT2D eigenvalue weighted by Crippen LogP contribution is -2.52. The molecule has 0 fully saturated rings. The number of nitrogens with one attached hydrogen (secondary N) is 4. The van der Waals surface area contributed by atoms with Crippen LogP contribution in [0.3, 0.4) is 0 Å². The average Bonchev–Trinajstić information content (AvgIpc) is 3.44. The van der Waals surface area contributed by atoms with Crippen LogP contribution in [0, 0.1) is 0 Å². The highest BCUT2D eigenvalue weighted by atomic mass is 16.5. The molecule has 2 atom stereocenters. The minimum Gasteiger partial charge on any atom is -0.508 e. The first-order chi connectivity index (χ1) is 22.2. The summed E-state index contributed by atoms with van der Waals surface area (Å²) in [5.41, 5.74) is 13.5. The molecule has 0 spiro atoms. The van der Waals surface area contributed by atoms with E-state index in [4.69, 9.17) is 16.2 Å². The number of phenolic OH excluding ortho intramolecular Hbond substituents is 1. The minimum absolute atomic E-state index is 0.0141. The quantitative estimate of drug-likeness (QED) is 0.141. The van der Waals surface area contributed by atoms with E-state index in [1.807, 2.05) is 0 Å². The van der Waals surface area contributed by atoms with Crippen molar-refractivity contribution in [3.63, 3.8) is 0 Å². The summed E-state index contributed by atoms with van der Waals surface area (Å²) < 4.78 is 7.61. The van der Waals surface area contributed by atoms with Crippen LogP contribution in [0.15, 0.2) is 55.1 Å². The molecule has 2 aromatic carbocycles. The number of rotatable bonds is 7. The summed E-state index contributed by atoms with van der Waals surface area (Å²) in [5, 5.41) is 20.8. The van der Waals surface area contributed by atoms with Gasteiger partial charge in [0, 0.05) is 18.7 Å². The van der Waals surface area contributed by atoms with Crippen LogP contribution < -0.4 is 37.5 Å². The SMILES string of the molecule is NCC[C@@H]1NC(=O)CCNC(=O)c2cc(NC(=O)Cn3cnc4c(N)ncnc43)ccc2OC[C@@H](Cc2ccc(O)cc2)NC1=O. The van der Waals surface area contributed by atoms with Crippen molar-refractivity contribution >= 4 is 46.3 Å². The van der Waals surface area contributed by atoms with Crippen LogP contribution in [0.2, 0.25) is 0 Å². The lowest BCUT2D eigenvalue weighted by Gasteiger charge is -2.25. The number of phenols is 1. The van der Waals surface area contributed by atoms with Gasteiger partial charge in [0.1, 0.15) is 42.5 Å². The fourth-order valence-electron chi connectivity index (χ4n) is 4.93. The summed E-state index contributed by atoms with van der Waals surface area (Å²) in [6, 6.07) is 9.63. The maximum atomic E-state index is 13.3. The number of fused-ring (bicyclic) bond motifs is 2. The zero-order chi connectivity index (χ0) is 32.6. The molecule has 0 aliphatic carbocycles. The number of amides is 4. The van der Waals surface area contributed by atoms with Crippen LogP contribution in [0.4, 0.5) is 11.5 Å². The Morgan fingerprint density at radius 1 is 1.09 bits per heavy atom. The van der Waals surface area contributed by atoms with Gasteiger partial charge in [-0.25, -0.2) is 15.0 Å². The number of benzene rings is 2. The normalized spacial score (nSPS) is 17.5.